The van der Waals surface area contributed by atoms with Crippen LogP contribution in [0.15, 0.2) is 39.9 Å². The number of aromatic amines is 1. The van der Waals surface area contributed by atoms with Crippen molar-refractivity contribution in [3.8, 4) is 11.3 Å². The zero-order valence-corrected chi connectivity index (χ0v) is 10.9. The monoisotopic (exact) mass is 301 g/mol. The Morgan fingerprint density at radius 2 is 2.28 bits per heavy atom. The Hall–Kier alpha value is -1.88. The van der Waals surface area contributed by atoms with Crippen LogP contribution in [0.1, 0.15) is 11.3 Å². The number of nitrogens with zero attached hydrogens (tertiary/aromatic N) is 2. The quantitative estimate of drug-likeness (QED) is 0.542. The van der Waals surface area contributed by atoms with Crippen molar-refractivity contribution in [1.82, 2.24) is 14.4 Å². The summed E-state index contributed by atoms with van der Waals surface area (Å²) in [5.74, 6) is 0. The molecule has 0 radical (unpaired) electrons. The van der Waals surface area contributed by atoms with Gasteiger partial charge in [0.25, 0.3) is 5.56 Å². The fourth-order valence-corrected chi connectivity index (χ4v) is 3.09. The van der Waals surface area contributed by atoms with Gasteiger partial charge < -0.3 is 4.98 Å². The first-order valence-corrected chi connectivity index (χ1v) is 6.41. The number of imidazole rings is 1. The minimum absolute atomic E-state index is 0.147. The molecule has 3 aromatic rings. The number of nitrogens with one attached hydrogen (secondary N) is 1. The van der Waals surface area contributed by atoms with E-state index in [9.17, 15) is 4.79 Å². The van der Waals surface area contributed by atoms with Gasteiger partial charge in [-0.15, -0.1) is 0 Å². The summed E-state index contributed by atoms with van der Waals surface area (Å²) in [4.78, 5) is 19.0. The van der Waals surface area contributed by atoms with E-state index in [-0.39, 0.29) is 5.56 Å². The number of fused-ring (bicyclic) bond motifs is 5. The standard InChI is InChI=1S/C13H8BrN3O/c14-9-3-1-2-7-8(9)6-10-11(7)16-13(18)12-15-4-5-17(10)12/h1-5H,6H2,(H,16,18). The van der Waals surface area contributed by atoms with E-state index < -0.39 is 0 Å². The Morgan fingerprint density at radius 3 is 3.17 bits per heavy atom. The Balaban J connectivity index is 2.17. The maximum Gasteiger partial charge on any atom is 0.292 e. The fraction of sp³-hybridized carbons (Fsp3) is 0.0769. The van der Waals surface area contributed by atoms with Gasteiger partial charge in [-0.05, 0) is 11.6 Å². The van der Waals surface area contributed by atoms with E-state index >= 15 is 0 Å². The van der Waals surface area contributed by atoms with Crippen molar-refractivity contribution in [2.75, 3.05) is 0 Å². The van der Waals surface area contributed by atoms with E-state index in [0.29, 0.717) is 5.65 Å². The minimum atomic E-state index is -0.147. The molecule has 0 atom stereocenters. The fourth-order valence-electron chi connectivity index (χ4n) is 2.59. The van der Waals surface area contributed by atoms with Crippen LogP contribution in [0.3, 0.4) is 0 Å². The van der Waals surface area contributed by atoms with Crippen molar-refractivity contribution in [3.05, 3.63) is 56.7 Å². The van der Waals surface area contributed by atoms with E-state index in [2.05, 4.69) is 25.9 Å². The van der Waals surface area contributed by atoms with Gasteiger partial charge in [0.05, 0.1) is 11.4 Å². The molecular weight excluding hydrogens is 294 g/mol. The van der Waals surface area contributed by atoms with Gasteiger partial charge in [-0.3, -0.25) is 9.20 Å². The van der Waals surface area contributed by atoms with Crippen LogP contribution in [0.5, 0.6) is 0 Å². The van der Waals surface area contributed by atoms with Gasteiger partial charge >= 0.3 is 0 Å². The first-order valence-electron chi connectivity index (χ1n) is 5.61. The summed E-state index contributed by atoms with van der Waals surface area (Å²) in [6.07, 6.45) is 4.29. The van der Waals surface area contributed by atoms with Crippen molar-refractivity contribution < 1.29 is 0 Å². The first kappa shape index (κ1) is 10.1. The average Bonchev–Trinajstić information content (AvgIpc) is 2.94. The number of H-pyrrole nitrogens is 1. The molecule has 2 aromatic heterocycles. The molecule has 0 saturated carbocycles. The summed E-state index contributed by atoms with van der Waals surface area (Å²) in [7, 11) is 0. The number of halogens is 1. The van der Waals surface area contributed by atoms with E-state index in [4.69, 9.17) is 0 Å². The summed E-state index contributed by atoms with van der Waals surface area (Å²) in [6.45, 7) is 0. The molecule has 2 heterocycles. The lowest BCUT2D eigenvalue weighted by molar-refractivity contribution is 1.00. The molecule has 0 fully saturated rings. The smallest absolute Gasteiger partial charge is 0.292 e. The Morgan fingerprint density at radius 1 is 1.39 bits per heavy atom. The number of rotatable bonds is 0. The number of hydrogen-bond acceptors (Lipinski definition) is 2. The summed E-state index contributed by atoms with van der Waals surface area (Å²) in [5, 5.41) is 0. The molecule has 88 valence electrons. The van der Waals surface area contributed by atoms with Crippen LogP contribution in [-0.4, -0.2) is 14.4 Å². The highest BCUT2D eigenvalue weighted by molar-refractivity contribution is 9.10. The number of benzene rings is 1. The molecule has 1 N–H and O–H groups in total. The summed E-state index contributed by atoms with van der Waals surface area (Å²) >= 11 is 3.56. The third-order valence-corrected chi connectivity index (χ3v) is 4.14. The highest BCUT2D eigenvalue weighted by Gasteiger charge is 2.24. The molecular formula is C13H8BrN3O. The second kappa shape index (κ2) is 3.32. The van der Waals surface area contributed by atoms with E-state index in [1.165, 1.54) is 5.56 Å². The van der Waals surface area contributed by atoms with Crippen molar-refractivity contribution >= 4 is 21.6 Å². The maximum absolute atomic E-state index is 11.9. The largest absolute Gasteiger partial charge is 0.317 e. The molecule has 0 saturated heterocycles. The third-order valence-electron chi connectivity index (χ3n) is 3.39. The van der Waals surface area contributed by atoms with Gasteiger partial charge in [-0.2, -0.15) is 0 Å². The molecule has 4 nitrogen and oxygen atoms in total. The van der Waals surface area contributed by atoms with Crippen molar-refractivity contribution in [1.29, 1.82) is 0 Å². The minimum Gasteiger partial charge on any atom is -0.317 e. The zero-order valence-electron chi connectivity index (χ0n) is 9.27. The summed E-state index contributed by atoms with van der Waals surface area (Å²) < 4.78 is 2.95. The molecule has 18 heavy (non-hydrogen) atoms. The van der Waals surface area contributed by atoms with E-state index in [0.717, 1.165) is 27.8 Å². The maximum atomic E-state index is 11.9. The van der Waals surface area contributed by atoms with Crippen LogP contribution in [0.25, 0.3) is 16.9 Å². The van der Waals surface area contributed by atoms with Gasteiger partial charge in [-0.1, -0.05) is 28.1 Å². The lowest BCUT2D eigenvalue weighted by Gasteiger charge is -2.03. The van der Waals surface area contributed by atoms with Gasteiger partial charge in [-0.25, -0.2) is 4.98 Å². The lowest BCUT2D eigenvalue weighted by Crippen LogP contribution is -2.13. The Bertz CT molecular complexity index is 847. The van der Waals surface area contributed by atoms with Crippen LogP contribution in [-0.2, 0) is 6.42 Å². The SMILES string of the molecule is O=c1[nH]c2c(n3ccnc13)Cc1c(Br)cccc1-2. The normalized spacial score (nSPS) is 12.7. The van der Waals surface area contributed by atoms with Crippen LogP contribution in [0, 0.1) is 0 Å². The second-order valence-electron chi connectivity index (χ2n) is 4.34. The van der Waals surface area contributed by atoms with Crippen molar-refractivity contribution in [2.24, 2.45) is 0 Å². The molecule has 5 heteroatoms. The van der Waals surface area contributed by atoms with Crippen LogP contribution in [0.4, 0.5) is 0 Å². The van der Waals surface area contributed by atoms with E-state index in [1.807, 2.05) is 28.8 Å². The molecule has 0 aliphatic heterocycles. The molecule has 0 unspecified atom stereocenters. The average molecular weight is 302 g/mol. The van der Waals surface area contributed by atoms with Gasteiger partial charge in [0.15, 0.2) is 0 Å². The highest BCUT2D eigenvalue weighted by atomic mass is 79.9. The van der Waals surface area contributed by atoms with Crippen molar-refractivity contribution in [2.45, 2.75) is 6.42 Å². The van der Waals surface area contributed by atoms with Gasteiger partial charge in [0.2, 0.25) is 5.65 Å². The number of aromatic nitrogens is 3. The third kappa shape index (κ3) is 1.14. The summed E-state index contributed by atoms with van der Waals surface area (Å²) in [6, 6.07) is 6.03. The van der Waals surface area contributed by atoms with Crippen LogP contribution in [0.2, 0.25) is 0 Å². The Labute approximate surface area is 110 Å². The van der Waals surface area contributed by atoms with E-state index in [1.54, 1.807) is 6.20 Å². The molecule has 1 aliphatic rings. The van der Waals surface area contributed by atoms with Crippen molar-refractivity contribution in [3.63, 3.8) is 0 Å². The second-order valence-corrected chi connectivity index (χ2v) is 5.19. The first-order chi connectivity index (χ1) is 8.75. The Kier molecular flexibility index (Phi) is 1.86. The number of hydrogen-bond donors (Lipinski definition) is 1. The van der Waals surface area contributed by atoms with Crippen LogP contribution < -0.4 is 5.56 Å². The topological polar surface area (TPSA) is 50.2 Å². The molecule has 0 amide bonds. The van der Waals surface area contributed by atoms with Gasteiger partial charge in [0, 0.05) is 28.9 Å². The highest BCUT2D eigenvalue weighted by Crippen LogP contribution is 2.38. The molecule has 1 aromatic carbocycles. The molecule has 0 bridgehead atoms. The molecule has 1 aliphatic carbocycles. The zero-order chi connectivity index (χ0) is 12.3. The lowest BCUT2D eigenvalue weighted by atomic mass is 10.1. The van der Waals surface area contributed by atoms with Crippen LogP contribution >= 0.6 is 15.9 Å². The summed E-state index contributed by atoms with van der Waals surface area (Å²) in [5.41, 5.74) is 4.60. The molecule has 0 spiro atoms. The molecule has 4 rings (SSSR count). The predicted molar refractivity (Wildman–Crippen MR) is 71.8 cm³/mol. The predicted octanol–water partition coefficient (Wildman–Crippen LogP) is 2.36. The van der Waals surface area contributed by atoms with Gasteiger partial charge in [0.1, 0.15) is 0 Å².